The quantitative estimate of drug-likeness (QED) is 0.574. The first kappa shape index (κ1) is 17.5. The number of methoxy groups -OCH3 is 1. The Morgan fingerprint density at radius 3 is 2.90 bits per heavy atom. The van der Waals surface area contributed by atoms with Crippen LogP contribution in [0.4, 0.5) is 0 Å². The highest BCUT2D eigenvalue weighted by molar-refractivity contribution is 5.98. The zero-order valence-corrected chi connectivity index (χ0v) is 16.0. The van der Waals surface area contributed by atoms with Gasteiger partial charge in [-0.3, -0.25) is 4.79 Å². The van der Waals surface area contributed by atoms with Gasteiger partial charge in [0.1, 0.15) is 11.4 Å². The molecule has 2 aromatic carbocycles. The molecule has 0 bridgehead atoms. The minimum Gasteiger partial charge on any atom is -0.497 e. The third-order valence-electron chi connectivity index (χ3n) is 5.36. The minimum atomic E-state index is -0.0190. The topological polar surface area (TPSA) is 84.2 Å². The Hall–Kier alpha value is -3.61. The largest absolute Gasteiger partial charge is 0.497 e. The van der Waals surface area contributed by atoms with E-state index in [1.807, 2.05) is 59.5 Å². The number of hydrogen-bond acceptors (Lipinski definition) is 5. The summed E-state index contributed by atoms with van der Waals surface area (Å²) in [7, 11) is 1.63. The molecule has 4 aromatic rings. The molecule has 1 aliphatic rings. The molecule has 3 heterocycles. The maximum absolute atomic E-state index is 13.0. The zero-order chi connectivity index (χ0) is 19.8. The summed E-state index contributed by atoms with van der Waals surface area (Å²) in [6.07, 6.45) is 0.813. The van der Waals surface area contributed by atoms with Crippen molar-refractivity contribution in [3.05, 3.63) is 66.1 Å². The van der Waals surface area contributed by atoms with Crippen molar-refractivity contribution in [1.29, 1.82) is 0 Å². The van der Waals surface area contributed by atoms with Crippen LogP contribution in [-0.2, 0) is 0 Å². The molecule has 1 fully saturated rings. The van der Waals surface area contributed by atoms with Crippen LogP contribution < -0.4 is 4.74 Å². The Bertz CT molecular complexity index is 1170. The lowest BCUT2D eigenvalue weighted by molar-refractivity contribution is 0.0785. The number of aromatic amines is 1. The van der Waals surface area contributed by atoms with E-state index in [-0.39, 0.29) is 11.8 Å². The maximum atomic E-state index is 13.0. The van der Waals surface area contributed by atoms with Gasteiger partial charge in [-0.25, -0.2) is 0 Å². The standard InChI is InChI=1S/C22H20N4O3/c1-28-17-8-7-15-11-19(23-18(15)12-17)22(27)26-10-9-16(13-26)20-24-21(29-25-20)14-5-3-2-4-6-14/h2-8,11-12,16,23H,9-10,13H2,1H3/t16-/m0/s1. The number of nitrogens with zero attached hydrogens (tertiary/aromatic N) is 3. The molecule has 7 nitrogen and oxygen atoms in total. The molecule has 1 aliphatic heterocycles. The lowest BCUT2D eigenvalue weighted by Crippen LogP contribution is -2.28. The van der Waals surface area contributed by atoms with Crippen LogP contribution in [0.25, 0.3) is 22.4 Å². The molecule has 0 spiro atoms. The number of aromatic nitrogens is 3. The Morgan fingerprint density at radius 1 is 1.21 bits per heavy atom. The number of fused-ring (bicyclic) bond motifs is 1. The summed E-state index contributed by atoms with van der Waals surface area (Å²) in [5, 5.41) is 5.13. The van der Waals surface area contributed by atoms with Gasteiger partial charge in [0.15, 0.2) is 5.82 Å². The fourth-order valence-electron chi connectivity index (χ4n) is 3.77. The van der Waals surface area contributed by atoms with Crippen molar-refractivity contribution in [2.24, 2.45) is 0 Å². The molecule has 7 heteroatoms. The van der Waals surface area contributed by atoms with Crippen molar-refractivity contribution >= 4 is 16.8 Å². The van der Waals surface area contributed by atoms with Crippen molar-refractivity contribution in [1.82, 2.24) is 20.0 Å². The predicted octanol–water partition coefficient (Wildman–Crippen LogP) is 3.86. The van der Waals surface area contributed by atoms with Crippen LogP contribution >= 0.6 is 0 Å². The van der Waals surface area contributed by atoms with Crippen molar-refractivity contribution in [3.8, 4) is 17.2 Å². The van der Waals surface area contributed by atoms with Crippen LogP contribution in [0.2, 0.25) is 0 Å². The van der Waals surface area contributed by atoms with Gasteiger partial charge in [0.2, 0.25) is 0 Å². The van der Waals surface area contributed by atoms with E-state index in [4.69, 9.17) is 9.26 Å². The number of benzene rings is 2. The van der Waals surface area contributed by atoms with E-state index in [9.17, 15) is 4.79 Å². The van der Waals surface area contributed by atoms with Crippen molar-refractivity contribution in [2.75, 3.05) is 20.2 Å². The summed E-state index contributed by atoms with van der Waals surface area (Å²) < 4.78 is 10.7. The maximum Gasteiger partial charge on any atom is 0.270 e. The van der Waals surface area contributed by atoms with Crippen molar-refractivity contribution < 1.29 is 14.1 Å². The molecule has 2 aromatic heterocycles. The first-order valence-corrected chi connectivity index (χ1v) is 9.56. The number of rotatable bonds is 4. The van der Waals surface area contributed by atoms with Crippen molar-refractivity contribution in [2.45, 2.75) is 12.3 Å². The normalized spacial score (nSPS) is 16.4. The Balaban J connectivity index is 1.32. The molecule has 1 amide bonds. The molecule has 146 valence electrons. The summed E-state index contributed by atoms with van der Waals surface area (Å²) in [6, 6.07) is 17.3. The zero-order valence-electron chi connectivity index (χ0n) is 16.0. The Labute approximate surface area is 167 Å². The number of H-pyrrole nitrogens is 1. The van der Waals surface area contributed by atoms with Gasteiger partial charge < -0.3 is 19.1 Å². The molecule has 1 saturated heterocycles. The number of carbonyl (C=O) groups is 1. The second kappa shape index (κ2) is 7.09. The van der Waals surface area contributed by atoms with Gasteiger partial charge in [0.05, 0.1) is 7.11 Å². The van der Waals surface area contributed by atoms with Gasteiger partial charge in [-0.05, 0) is 36.8 Å². The average Bonchev–Trinajstić information content (AvgIpc) is 3.52. The second-order valence-electron chi connectivity index (χ2n) is 7.20. The van der Waals surface area contributed by atoms with Gasteiger partial charge in [-0.2, -0.15) is 4.98 Å². The second-order valence-corrected chi connectivity index (χ2v) is 7.20. The van der Waals surface area contributed by atoms with E-state index < -0.39 is 0 Å². The summed E-state index contributed by atoms with van der Waals surface area (Å²) in [5.74, 6) is 1.97. The molecular weight excluding hydrogens is 368 g/mol. The van der Waals surface area contributed by atoms with Crippen LogP contribution in [0.3, 0.4) is 0 Å². The predicted molar refractivity (Wildman–Crippen MR) is 108 cm³/mol. The lowest BCUT2D eigenvalue weighted by atomic mass is 10.1. The molecule has 1 atom stereocenters. The molecule has 1 N–H and O–H groups in total. The molecule has 5 rings (SSSR count). The fourth-order valence-corrected chi connectivity index (χ4v) is 3.77. The van der Waals surface area contributed by atoms with Gasteiger partial charge in [-0.1, -0.05) is 23.4 Å². The highest BCUT2D eigenvalue weighted by atomic mass is 16.5. The Morgan fingerprint density at radius 2 is 2.07 bits per heavy atom. The fraction of sp³-hybridized carbons (Fsp3) is 0.227. The van der Waals surface area contributed by atoms with E-state index >= 15 is 0 Å². The number of ether oxygens (including phenoxy) is 1. The third kappa shape index (κ3) is 3.24. The van der Waals surface area contributed by atoms with Crippen LogP contribution in [0.15, 0.2) is 59.1 Å². The van der Waals surface area contributed by atoms with Gasteiger partial charge in [-0.15, -0.1) is 0 Å². The van der Waals surface area contributed by atoms with Crippen LogP contribution in [0, 0.1) is 0 Å². The number of nitrogens with one attached hydrogen (secondary N) is 1. The summed E-state index contributed by atoms with van der Waals surface area (Å²) in [4.78, 5) is 22.6. The number of likely N-dealkylation sites (tertiary alicyclic amines) is 1. The monoisotopic (exact) mass is 388 g/mol. The van der Waals surface area contributed by atoms with Crippen LogP contribution in [0.1, 0.15) is 28.7 Å². The Kier molecular flexibility index (Phi) is 4.27. The lowest BCUT2D eigenvalue weighted by Gasteiger charge is -2.14. The van der Waals surface area contributed by atoms with Gasteiger partial charge in [0.25, 0.3) is 11.8 Å². The molecule has 0 aliphatic carbocycles. The smallest absolute Gasteiger partial charge is 0.270 e. The van der Waals surface area contributed by atoms with Crippen molar-refractivity contribution in [3.63, 3.8) is 0 Å². The first-order chi connectivity index (χ1) is 14.2. The number of amides is 1. The number of hydrogen-bond donors (Lipinski definition) is 1. The average molecular weight is 388 g/mol. The van der Waals surface area contributed by atoms with E-state index in [0.717, 1.165) is 28.6 Å². The summed E-state index contributed by atoms with van der Waals surface area (Å²) >= 11 is 0. The van der Waals surface area contributed by atoms with E-state index in [1.54, 1.807) is 7.11 Å². The summed E-state index contributed by atoms with van der Waals surface area (Å²) in [6.45, 7) is 1.24. The minimum absolute atomic E-state index is 0.0190. The number of carbonyl (C=O) groups excluding carboxylic acids is 1. The molecule has 29 heavy (non-hydrogen) atoms. The van der Waals surface area contributed by atoms with Crippen LogP contribution in [0.5, 0.6) is 5.75 Å². The molecular formula is C22H20N4O3. The molecule has 0 saturated carbocycles. The van der Waals surface area contributed by atoms with E-state index in [1.165, 1.54) is 0 Å². The van der Waals surface area contributed by atoms with Crippen LogP contribution in [-0.4, -0.2) is 46.1 Å². The van der Waals surface area contributed by atoms with Gasteiger partial charge >= 0.3 is 0 Å². The first-order valence-electron chi connectivity index (χ1n) is 9.56. The molecule has 0 radical (unpaired) electrons. The van der Waals surface area contributed by atoms with E-state index in [2.05, 4.69) is 15.1 Å². The highest BCUT2D eigenvalue weighted by Crippen LogP contribution is 2.29. The molecule has 0 unspecified atom stereocenters. The SMILES string of the molecule is COc1ccc2cc(C(=O)N3CC[C@H](c4noc(-c5ccccc5)n4)C3)[nH]c2c1. The summed E-state index contributed by atoms with van der Waals surface area (Å²) in [5.41, 5.74) is 2.35. The van der Waals surface area contributed by atoms with Gasteiger partial charge in [0, 0.05) is 41.5 Å². The third-order valence-corrected chi connectivity index (χ3v) is 5.36. The highest BCUT2D eigenvalue weighted by Gasteiger charge is 2.31. The van der Waals surface area contributed by atoms with E-state index in [0.29, 0.717) is 30.5 Å².